The summed E-state index contributed by atoms with van der Waals surface area (Å²) in [6.07, 6.45) is 5.57. The predicted octanol–water partition coefficient (Wildman–Crippen LogP) is 3.33. The lowest BCUT2D eigenvalue weighted by Crippen LogP contribution is -2.11. The minimum absolute atomic E-state index is 0.194. The van der Waals surface area contributed by atoms with Crippen LogP contribution in [0.15, 0.2) is 47.5 Å². The molecule has 0 saturated carbocycles. The minimum atomic E-state index is -0.194. The van der Waals surface area contributed by atoms with Crippen molar-refractivity contribution in [3.05, 3.63) is 58.6 Å². The Morgan fingerprint density at radius 1 is 1.21 bits per heavy atom. The number of aryl methyl sites for hydroxylation is 2. The summed E-state index contributed by atoms with van der Waals surface area (Å²) in [5.74, 6) is 0. The highest BCUT2D eigenvalue weighted by Crippen LogP contribution is 2.31. The van der Waals surface area contributed by atoms with E-state index in [2.05, 4.69) is 38.8 Å². The normalized spacial score (nSPS) is 11.8. The largest absolute Gasteiger partial charge is 0.347 e. The zero-order valence-electron chi connectivity index (χ0n) is 16.2. The van der Waals surface area contributed by atoms with E-state index >= 15 is 0 Å². The number of para-hydroxylation sites is 1. The molecule has 0 radical (unpaired) electrons. The fraction of sp³-hybridized carbons (Fsp3) is 0.227. The van der Waals surface area contributed by atoms with Gasteiger partial charge in [-0.15, -0.1) is 0 Å². The number of nitrogens with one attached hydrogen (secondary N) is 2. The number of nitrogens with zero attached hydrogens (tertiary/aromatic N) is 3. The first-order chi connectivity index (χ1) is 14.2. The Morgan fingerprint density at radius 3 is 2.93 bits per heavy atom. The molecule has 7 nitrogen and oxygen atoms in total. The molecule has 0 aliphatic carbocycles. The van der Waals surface area contributed by atoms with E-state index in [0.717, 1.165) is 52.3 Å². The maximum absolute atomic E-state index is 13.0. The van der Waals surface area contributed by atoms with Crippen LogP contribution in [-0.2, 0) is 13.0 Å². The Hall–Kier alpha value is -3.45. The summed E-state index contributed by atoms with van der Waals surface area (Å²) in [4.78, 5) is 20.7. The van der Waals surface area contributed by atoms with Gasteiger partial charge in [0.2, 0.25) is 0 Å². The van der Waals surface area contributed by atoms with Crippen molar-refractivity contribution < 1.29 is 0 Å². The molecule has 5 aromatic rings. The molecule has 146 valence electrons. The molecule has 7 heteroatoms. The van der Waals surface area contributed by atoms with E-state index in [9.17, 15) is 4.79 Å². The third-order valence-electron chi connectivity index (χ3n) is 5.47. The van der Waals surface area contributed by atoms with Crippen molar-refractivity contribution in [3.63, 3.8) is 0 Å². The molecule has 0 saturated heterocycles. The quantitative estimate of drug-likeness (QED) is 0.431. The summed E-state index contributed by atoms with van der Waals surface area (Å²) in [6, 6.07) is 10.1. The molecule has 0 atom stereocenters. The number of aromatic amines is 2. The van der Waals surface area contributed by atoms with Crippen molar-refractivity contribution in [2.75, 3.05) is 6.54 Å². The van der Waals surface area contributed by atoms with Crippen molar-refractivity contribution in [1.29, 1.82) is 0 Å². The summed E-state index contributed by atoms with van der Waals surface area (Å²) in [6.45, 7) is 3.58. The topological polar surface area (TPSA) is 105 Å². The Balaban J connectivity index is 1.78. The van der Waals surface area contributed by atoms with Crippen LogP contribution in [0.3, 0.4) is 0 Å². The first-order valence-electron chi connectivity index (χ1n) is 9.88. The van der Waals surface area contributed by atoms with E-state index in [-0.39, 0.29) is 5.56 Å². The second kappa shape index (κ2) is 6.86. The number of hydrogen-bond acceptors (Lipinski definition) is 4. The average Bonchev–Trinajstić information content (AvgIpc) is 3.34. The molecule has 0 aliphatic heterocycles. The zero-order valence-corrected chi connectivity index (χ0v) is 16.2. The lowest BCUT2D eigenvalue weighted by molar-refractivity contribution is 0.669. The lowest BCUT2D eigenvalue weighted by atomic mass is 10.1. The average molecular weight is 386 g/mol. The zero-order chi connectivity index (χ0) is 20.0. The molecule has 0 unspecified atom stereocenters. The number of benzene rings is 2. The number of hydrogen-bond donors (Lipinski definition) is 3. The summed E-state index contributed by atoms with van der Waals surface area (Å²) >= 11 is 0. The number of nitrogens with two attached hydrogens (primary N) is 1. The van der Waals surface area contributed by atoms with E-state index < -0.39 is 0 Å². The summed E-state index contributed by atoms with van der Waals surface area (Å²) in [5.41, 5.74) is 11.6. The smallest absolute Gasteiger partial charge is 0.275 e. The van der Waals surface area contributed by atoms with Gasteiger partial charge >= 0.3 is 0 Å². The Morgan fingerprint density at radius 2 is 2.10 bits per heavy atom. The van der Waals surface area contributed by atoms with Crippen molar-refractivity contribution in [1.82, 2.24) is 24.7 Å². The minimum Gasteiger partial charge on any atom is -0.347 e. The maximum Gasteiger partial charge on any atom is 0.275 e. The van der Waals surface area contributed by atoms with Gasteiger partial charge in [-0.1, -0.05) is 25.1 Å². The van der Waals surface area contributed by atoms with E-state index in [1.54, 1.807) is 6.20 Å². The molecule has 3 aromatic heterocycles. The van der Waals surface area contributed by atoms with Gasteiger partial charge in [-0.3, -0.25) is 9.89 Å². The summed E-state index contributed by atoms with van der Waals surface area (Å²) in [5, 5.41) is 9.00. The predicted molar refractivity (Wildman–Crippen MR) is 116 cm³/mol. The summed E-state index contributed by atoms with van der Waals surface area (Å²) < 4.78 is 2.21. The molecule has 0 amide bonds. The van der Waals surface area contributed by atoms with Crippen molar-refractivity contribution in [2.45, 2.75) is 26.3 Å². The van der Waals surface area contributed by atoms with Gasteiger partial charge in [-0.25, -0.2) is 4.98 Å². The third kappa shape index (κ3) is 2.82. The van der Waals surface area contributed by atoms with Crippen LogP contribution in [0.5, 0.6) is 0 Å². The van der Waals surface area contributed by atoms with Gasteiger partial charge in [0, 0.05) is 29.1 Å². The van der Waals surface area contributed by atoms with E-state index in [4.69, 9.17) is 10.7 Å². The molecule has 0 fully saturated rings. The number of fused-ring (bicyclic) bond motifs is 3. The number of H-pyrrole nitrogens is 2. The first kappa shape index (κ1) is 17.6. The molecule has 29 heavy (non-hydrogen) atoms. The molecule has 2 aromatic carbocycles. The Kier molecular flexibility index (Phi) is 4.17. The molecular weight excluding hydrogens is 364 g/mol. The number of aromatic nitrogens is 5. The van der Waals surface area contributed by atoms with Crippen LogP contribution in [0, 0.1) is 0 Å². The van der Waals surface area contributed by atoms with Gasteiger partial charge < -0.3 is 15.3 Å². The van der Waals surface area contributed by atoms with Gasteiger partial charge in [0.1, 0.15) is 5.69 Å². The van der Waals surface area contributed by atoms with Crippen molar-refractivity contribution in [3.8, 4) is 11.3 Å². The highest BCUT2D eigenvalue weighted by molar-refractivity contribution is 5.98. The summed E-state index contributed by atoms with van der Waals surface area (Å²) in [7, 11) is 0. The fourth-order valence-electron chi connectivity index (χ4n) is 4.06. The molecule has 0 spiro atoms. The molecular formula is C22H22N6O. The van der Waals surface area contributed by atoms with E-state index in [0.29, 0.717) is 17.8 Å². The fourth-order valence-corrected chi connectivity index (χ4v) is 4.06. The number of rotatable bonds is 5. The molecule has 4 N–H and O–H groups in total. The van der Waals surface area contributed by atoms with Crippen LogP contribution in [0.1, 0.15) is 18.9 Å². The third-order valence-corrected chi connectivity index (χ3v) is 5.47. The maximum atomic E-state index is 13.0. The second-order valence-corrected chi connectivity index (χ2v) is 7.29. The lowest BCUT2D eigenvalue weighted by Gasteiger charge is -2.07. The molecule has 0 bridgehead atoms. The van der Waals surface area contributed by atoms with Gasteiger partial charge in [0.05, 0.1) is 28.3 Å². The van der Waals surface area contributed by atoms with Crippen LogP contribution in [0.2, 0.25) is 0 Å². The standard InChI is InChI=1S/C22H22N6O/c1-2-13-5-3-6-15-16(12-28(21(13)15)8-4-7-23)20-22(29)26-18-9-14-11-24-27-17(14)10-19(18)25-20/h3,5-6,9-12H,2,4,7-8,23H2,1H3,(H,24,27)(H,26,29). The van der Waals surface area contributed by atoms with Gasteiger partial charge in [0.25, 0.3) is 5.56 Å². The molecule has 0 aliphatic rings. The second-order valence-electron chi connectivity index (χ2n) is 7.29. The van der Waals surface area contributed by atoms with Crippen LogP contribution < -0.4 is 11.3 Å². The highest BCUT2D eigenvalue weighted by Gasteiger charge is 2.17. The Labute approximate surface area is 166 Å². The monoisotopic (exact) mass is 386 g/mol. The van der Waals surface area contributed by atoms with E-state index in [1.807, 2.05) is 24.4 Å². The van der Waals surface area contributed by atoms with Gasteiger partial charge in [-0.2, -0.15) is 5.10 Å². The van der Waals surface area contributed by atoms with E-state index in [1.165, 1.54) is 5.56 Å². The SMILES string of the molecule is CCc1cccc2c(-c3nc4cc5[nH]ncc5cc4[nH]c3=O)cn(CCCN)c12. The van der Waals surface area contributed by atoms with Crippen molar-refractivity contribution in [2.24, 2.45) is 5.73 Å². The van der Waals surface area contributed by atoms with Crippen LogP contribution in [-0.4, -0.2) is 31.3 Å². The Bertz CT molecular complexity index is 1410. The van der Waals surface area contributed by atoms with Crippen molar-refractivity contribution >= 4 is 32.8 Å². The van der Waals surface area contributed by atoms with Gasteiger partial charge in [-0.05, 0) is 37.1 Å². The van der Waals surface area contributed by atoms with Crippen LogP contribution in [0.4, 0.5) is 0 Å². The molecule has 3 heterocycles. The van der Waals surface area contributed by atoms with Crippen LogP contribution >= 0.6 is 0 Å². The van der Waals surface area contributed by atoms with Gasteiger partial charge in [0.15, 0.2) is 0 Å². The molecule has 5 rings (SSSR count). The first-order valence-corrected chi connectivity index (χ1v) is 9.88. The van der Waals surface area contributed by atoms with Crippen LogP contribution in [0.25, 0.3) is 44.1 Å². The highest BCUT2D eigenvalue weighted by atomic mass is 16.1.